The molecule has 0 bridgehead atoms. The quantitative estimate of drug-likeness (QED) is 0.691. The van der Waals surface area contributed by atoms with Gasteiger partial charge in [-0.2, -0.15) is 0 Å². The van der Waals surface area contributed by atoms with E-state index in [4.69, 9.17) is 0 Å². The Kier molecular flexibility index (Phi) is 3.18. The summed E-state index contributed by atoms with van der Waals surface area (Å²) in [7, 11) is 0. The summed E-state index contributed by atoms with van der Waals surface area (Å²) in [6.07, 6.45) is 9.50. The van der Waals surface area contributed by atoms with E-state index in [9.17, 15) is 4.79 Å². The second-order valence-electron chi connectivity index (χ2n) is 5.20. The SMILES string of the molecule is O=C(C1CC=CCC1)N1CCCc2ccccc21. The molecule has 2 nitrogen and oxygen atoms in total. The first kappa shape index (κ1) is 11.5. The van der Waals surface area contributed by atoms with Crippen LogP contribution in [0.4, 0.5) is 5.69 Å². The second kappa shape index (κ2) is 4.97. The van der Waals surface area contributed by atoms with Crippen LogP contribution < -0.4 is 4.90 Å². The number of aryl methyl sites for hydroxylation is 1. The second-order valence-corrected chi connectivity index (χ2v) is 5.20. The first-order valence-electron chi connectivity index (χ1n) is 6.90. The van der Waals surface area contributed by atoms with E-state index < -0.39 is 0 Å². The molecule has 1 aliphatic heterocycles. The Bertz CT molecular complexity index is 478. The summed E-state index contributed by atoms with van der Waals surface area (Å²) in [4.78, 5) is 14.6. The number of para-hydroxylation sites is 1. The maximum Gasteiger partial charge on any atom is 0.230 e. The third-order valence-electron chi connectivity index (χ3n) is 3.99. The van der Waals surface area contributed by atoms with Gasteiger partial charge in [0, 0.05) is 18.2 Å². The summed E-state index contributed by atoms with van der Waals surface area (Å²) in [6, 6.07) is 8.34. The van der Waals surface area contributed by atoms with Gasteiger partial charge in [-0.25, -0.2) is 0 Å². The van der Waals surface area contributed by atoms with Crippen molar-refractivity contribution in [1.29, 1.82) is 0 Å². The average molecular weight is 241 g/mol. The highest BCUT2D eigenvalue weighted by atomic mass is 16.2. The van der Waals surface area contributed by atoms with Gasteiger partial charge in [-0.1, -0.05) is 30.4 Å². The van der Waals surface area contributed by atoms with Crippen LogP contribution in [0.3, 0.4) is 0 Å². The largest absolute Gasteiger partial charge is 0.312 e. The molecular weight excluding hydrogens is 222 g/mol. The van der Waals surface area contributed by atoms with Crippen LogP contribution in [0.2, 0.25) is 0 Å². The number of hydrogen-bond acceptors (Lipinski definition) is 1. The smallest absolute Gasteiger partial charge is 0.230 e. The van der Waals surface area contributed by atoms with Crippen molar-refractivity contribution < 1.29 is 4.79 Å². The molecule has 1 aliphatic carbocycles. The molecule has 0 N–H and O–H groups in total. The minimum absolute atomic E-state index is 0.196. The molecule has 2 aliphatic rings. The first-order valence-corrected chi connectivity index (χ1v) is 6.90. The number of carbonyl (C=O) groups is 1. The van der Waals surface area contributed by atoms with Gasteiger partial charge in [0.2, 0.25) is 5.91 Å². The molecule has 1 atom stereocenters. The normalized spacial score (nSPS) is 22.7. The van der Waals surface area contributed by atoms with Crippen LogP contribution in [-0.2, 0) is 11.2 Å². The van der Waals surface area contributed by atoms with Gasteiger partial charge in [0.25, 0.3) is 0 Å². The Morgan fingerprint density at radius 2 is 2.11 bits per heavy atom. The molecule has 0 radical (unpaired) electrons. The number of allylic oxidation sites excluding steroid dienone is 2. The van der Waals surface area contributed by atoms with Gasteiger partial charge < -0.3 is 4.90 Å². The molecule has 3 rings (SSSR count). The zero-order valence-electron chi connectivity index (χ0n) is 10.6. The molecule has 94 valence electrons. The van der Waals surface area contributed by atoms with Crippen LogP contribution in [0.5, 0.6) is 0 Å². The monoisotopic (exact) mass is 241 g/mol. The van der Waals surface area contributed by atoms with E-state index in [0.29, 0.717) is 5.91 Å². The van der Waals surface area contributed by atoms with E-state index in [-0.39, 0.29) is 5.92 Å². The average Bonchev–Trinajstić information content (AvgIpc) is 2.47. The Balaban J connectivity index is 1.85. The molecule has 1 amide bonds. The lowest BCUT2D eigenvalue weighted by Crippen LogP contribution is -2.39. The molecule has 2 heteroatoms. The third-order valence-corrected chi connectivity index (χ3v) is 3.99. The van der Waals surface area contributed by atoms with Crippen LogP contribution in [-0.4, -0.2) is 12.5 Å². The van der Waals surface area contributed by atoms with E-state index in [1.54, 1.807) is 0 Å². The van der Waals surface area contributed by atoms with Gasteiger partial charge >= 0.3 is 0 Å². The lowest BCUT2D eigenvalue weighted by atomic mass is 9.91. The maximum absolute atomic E-state index is 12.6. The summed E-state index contributed by atoms with van der Waals surface area (Å²) >= 11 is 0. The van der Waals surface area contributed by atoms with Crippen LogP contribution in [0, 0.1) is 5.92 Å². The van der Waals surface area contributed by atoms with Crippen molar-refractivity contribution in [1.82, 2.24) is 0 Å². The summed E-state index contributed by atoms with van der Waals surface area (Å²) in [5, 5.41) is 0. The Labute approximate surface area is 108 Å². The van der Waals surface area contributed by atoms with Crippen molar-refractivity contribution in [3.05, 3.63) is 42.0 Å². The predicted molar refractivity (Wildman–Crippen MR) is 73.6 cm³/mol. The minimum Gasteiger partial charge on any atom is -0.312 e. The van der Waals surface area contributed by atoms with Gasteiger partial charge in [-0.05, 0) is 43.7 Å². The Morgan fingerprint density at radius 3 is 2.94 bits per heavy atom. The number of hydrogen-bond donors (Lipinski definition) is 0. The highest BCUT2D eigenvalue weighted by Gasteiger charge is 2.28. The van der Waals surface area contributed by atoms with Gasteiger partial charge in [0.15, 0.2) is 0 Å². The fourth-order valence-corrected chi connectivity index (χ4v) is 3.00. The molecule has 0 spiro atoms. The fourth-order valence-electron chi connectivity index (χ4n) is 3.00. The van der Waals surface area contributed by atoms with Gasteiger partial charge in [-0.3, -0.25) is 4.79 Å². The topological polar surface area (TPSA) is 20.3 Å². The fraction of sp³-hybridized carbons (Fsp3) is 0.438. The number of carbonyl (C=O) groups excluding carboxylic acids is 1. The van der Waals surface area contributed by atoms with Crippen molar-refractivity contribution in [3.63, 3.8) is 0 Å². The van der Waals surface area contributed by atoms with Crippen LogP contribution in [0.1, 0.15) is 31.2 Å². The summed E-state index contributed by atoms with van der Waals surface area (Å²) in [5.74, 6) is 0.521. The molecular formula is C16H19NO. The first-order chi connectivity index (χ1) is 8.86. The van der Waals surface area contributed by atoms with Gasteiger partial charge in [0.05, 0.1) is 0 Å². The number of nitrogens with zero attached hydrogens (tertiary/aromatic N) is 1. The molecule has 1 aromatic carbocycles. The number of benzene rings is 1. The maximum atomic E-state index is 12.6. The molecule has 1 unspecified atom stereocenters. The van der Waals surface area contributed by atoms with Crippen LogP contribution in [0.25, 0.3) is 0 Å². The van der Waals surface area contributed by atoms with E-state index in [2.05, 4.69) is 30.4 Å². The highest BCUT2D eigenvalue weighted by molar-refractivity contribution is 5.96. The molecule has 0 fully saturated rings. The zero-order valence-corrected chi connectivity index (χ0v) is 10.6. The van der Waals surface area contributed by atoms with Crippen molar-refractivity contribution in [2.75, 3.05) is 11.4 Å². The minimum atomic E-state index is 0.196. The molecule has 18 heavy (non-hydrogen) atoms. The molecule has 1 aromatic rings. The summed E-state index contributed by atoms with van der Waals surface area (Å²) in [6.45, 7) is 0.885. The van der Waals surface area contributed by atoms with Crippen LogP contribution >= 0.6 is 0 Å². The van der Waals surface area contributed by atoms with E-state index in [1.807, 2.05) is 11.0 Å². The van der Waals surface area contributed by atoms with Crippen LogP contribution in [0.15, 0.2) is 36.4 Å². The predicted octanol–water partition coefficient (Wildman–Crippen LogP) is 3.32. The van der Waals surface area contributed by atoms with Gasteiger partial charge in [-0.15, -0.1) is 0 Å². The Morgan fingerprint density at radius 1 is 1.22 bits per heavy atom. The highest BCUT2D eigenvalue weighted by Crippen LogP contribution is 2.30. The Hall–Kier alpha value is -1.57. The van der Waals surface area contributed by atoms with Crippen molar-refractivity contribution in [3.8, 4) is 0 Å². The van der Waals surface area contributed by atoms with Crippen molar-refractivity contribution >= 4 is 11.6 Å². The van der Waals surface area contributed by atoms with Crippen molar-refractivity contribution in [2.24, 2.45) is 5.92 Å². The zero-order chi connectivity index (χ0) is 12.4. The van der Waals surface area contributed by atoms with E-state index in [0.717, 1.165) is 44.3 Å². The number of rotatable bonds is 1. The standard InChI is InChI=1S/C16H19NO/c18-16(14-8-2-1-3-9-14)17-12-6-10-13-7-4-5-11-15(13)17/h1-2,4-5,7,11,14H,3,6,8-10,12H2. The molecule has 0 saturated carbocycles. The van der Waals surface area contributed by atoms with Crippen molar-refractivity contribution in [2.45, 2.75) is 32.1 Å². The number of fused-ring (bicyclic) bond motifs is 1. The lowest BCUT2D eigenvalue weighted by Gasteiger charge is -2.32. The number of anilines is 1. The molecule has 0 saturated heterocycles. The van der Waals surface area contributed by atoms with E-state index >= 15 is 0 Å². The molecule has 1 heterocycles. The van der Waals surface area contributed by atoms with E-state index in [1.165, 1.54) is 5.56 Å². The molecule has 0 aromatic heterocycles. The van der Waals surface area contributed by atoms with Gasteiger partial charge in [0.1, 0.15) is 0 Å². The summed E-state index contributed by atoms with van der Waals surface area (Å²) in [5.41, 5.74) is 2.46. The summed E-state index contributed by atoms with van der Waals surface area (Å²) < 4.78 is 0. The lowest BCUT2D eigenvalue weighted by molar-refractivity contribution is -0.122. The third kappa shape index (κ3) is 2.07. The number of amides is 1.